The predicted molar refractivity (Wildman–Crippen MR) is 42.5 cm³/mol. The Hall–Kier alpha value is 0.280. The molecule has 0 N–H and O–H groups in total. The van der Waals surface area contributed by atoms with Gasteiger partial charge in [0.25, 0.3) is 0 Å². The molecule has 55 valence electrons. The second-order valence-electron chi connectivity index (χ2n) is 3.02. The van der Waals surface area contributed by atoms with Crippen molar-refractivity contribution in [3.05, 3.63) is 6.92 Å². The Morgan fingerprint density at radius 1 is 1.56 bits per heavy atom. The Morgan fingerprint density at radius 3 is 2.11 bits per heavy atom. The van der Waals surface area contributed by atoms with Crippen LogP contribution in [0.5, 0.6) is 0 Å². The molecular formula is C7H14FS. The molecule has 1 radical (unpaired) electrons. The molecule has 2 heteroatoms. The highest BCUT2D eigenvalue weighted by Gasteiger charge is 2.11. The monoisotopic (exact) mass is 149 g/mol. The van der Waals surface area contributed by atoms with E-state index in [2.05, 4.69) is 27.7 Å². The fourth-order valence-corrected chi connectivity index (χ4v) is 1.02. The fourth-order valence-electron chi connectivity index (χ4n) is 0.340. The van der Waals surface area contributed by atoms with Crippen molar-refractivity contribution in [2.75, 3.05) is 5.75 Å². The molecule has 0 spiro atoms. The number of thioether (sulfide) groups is 1. The van der Waals surface area contributed by atoms with Crippen molar-refractivity contribution < 1.29 is 4.39 Å². The maximum Gasteiger partial charge on any atom is 0.109 e. The third-order valence-corrected chi connectivity index (χ3v) is 2.09. The first-order valence-electron chi connectivity index (χ1n) is 3.03. The van der Waals surface area contributed by atoms with Crippen LogP contribution >= 0.6 is 11.8 Å². The zero-order valence-corrected chi connectivity index (χ0v) is 7.09. The minimum Gasteiger partial charge on any atom is -0.247 e. The van der Waals surface area contributed by atoms with Gasteiger partial charge in [0.05, 0.1) is 0 Å². The molecule has 1 atom stereocenters. The molecule has 0 fully saturated rings. The van der Waals surface area contributed by atoms with Gasteiger partial charge in [-0.2, -0.15) is 11.8 Å². The third-order valence-electron chi connectivity index (χ3n) is 0.697. The predicted octanol–water partition coefficient (Wildman–Crippen LogP) is 2.69. The number of hydrogen-bond acceptors (Lipinski definition) is 1. The Kier molecular flexibility index (Phi) is 3.56. The average molecular weight is 149 g/mol. The molecule has 0 heterocycles. The SMILES string of the molecule is [CH2][C@@H](F)CSC(C)(C)C. The molecule has 0 saturated carbocycles. The Labute approximate surface area is 61.2 Å². The van der Waals surface area contributed by atoms with E-state index in [0.717, 1.165) is 0 Å². The quantitative estimate of drug-likeness (QED) is 0.581. The fraction of sp³-hybridized carbons (Fsp3) is 0.857. The van der Waals surface area contributed by atoms with Crippen LogP contribution in [0.4, 0.5) is 4.39 Å². The summed E-state index contributed by atoms with van der Waals surface area (Å²) < 4.78 is 12.3. The minimum atomic E-state index is -0.922. The van der Waals surface area contributed by atoms with E-state index in [1.165, 1.54) is 0 Å². The lowest BCUT2D eigenvalue weighted by Crippen LogP contribution is -2.11. The van der Waals surface area contributed by atoms with E-state index in [1.54, 1.807) is 11.8 Å². The number of rotatable bonds is 2. The molecule has 0 aromatic carbocycles. The molecule has 9 heavy (non-hydrogen) atoms. The number of halogens is 1. The summed E-state index contributed by atoms with van der Waals surface area (Å²) in [6.45, 7) is 9.46. The standard InChI is InChI=1S/C7H14FS/c1-6(8)5-9-7(2,3)4/h6H,1,5H2,2-4H3/t6-/m1/s1. The van der Waals surface area contributed by atoms with Crippen molar-refractivity contribution in [2.45, 2.75) is 31.7 Å². The molecule has 0 rings (SSSR count). The van der Waals surface area contributed by atoms with Gasteiger partial charge in [0.1, 0.15) is 6.17 Å². The van der Waals surface area contributed by atoms with Crippen LogP contribution in [0, 0.1) is 6.92 Å². The van der Waals surface area contributed by atoms with Crippen LogP contribution in [0.3, 0.4) is 0 Å². The summed E-state index contributed by atoms with van der Waals surface area (Å²) in [5.41, 5.74) is 0. The van der Waals surface area contributed by atoms with Crippen LogP contribution in [-0.2, 0) is 0 Å². The van der Waals surface area contributed by atoms with Gasteiger partial charge in [0, 0.05) is 10.5 Å². The van der Waals surface area contributed by atoms with E-state index in [0.29, 0.717) is 5.75 Å². The third kappa shape index (κ3) is 8.28. The Balaban J connectivity index is 3.28. The summed E-state index contributed by atoms with van der Waals surface area (Å²) in [5.74, 6) is 0.503. The first-order chi connectivity index (χ1) is 3.92. The zero-order chi connectivity index (χ0) is 7.49. The van der Waals surface area contributed by atoms with Crippen molar-refractivity contribution in [1.82, 2.24) is 0 Å². The van der Waals surface area contributed by atoms with Crippen molar-refractivity contribution in [3.63, 3.8) is 0 Å². The van der Waals surface area contributed by atoms with Crippen LogP contribution in [-0.4, -0.2) is 16.7 Å². The Morgan fingerprint density at radius 2 is 2.00 bits per heavy atom. The summed E-state index contributed by atoms with van der Waals surface area (Å²) in [5, 5.41) is 0. The number of alkyl halides is 1. The lowest BCUT2D eigenvalue weighted by Gasteiger charge is -2.17. The highest BCUT2D eigenvalue weighted by atomic mass is 32.2. The largest absolute Gasteiger partial charge is 0.247 e. The van der Waals surface area contributed by atoms with Gasteiger partial charge in [0.2, 0.25) is 0 Å². The molecule has 0 aliphatic rings. The summed E-state index contributed by atoms with van der Waals surface area (Å²) in [6, 6.07) is 0. The summed E-state index contributed by atoms with van der Waals surface area (Å²) in [7, 11) is 0. The van der Waals surface area contributed by atoms with Gasteiger partial charge in [0.15, 0.2) is 0 Å². The Bertz CT molecular complexity index is 73.5. The van der Waals surface area contributed by atoms with Crippen LogP contribution in [0.1, 0.15) is 20.8 Å². The van der Waals surface area contributed by atoms with E-state index in [1.807, 2.05) is 0 Å². The maximum absolute atomic E-state index is 12.1. The molecule has 0 aliphatic carbocycles. The topological polar surface area (TPSA) is 0 Å². The van der Waals surface area contributed by atoms with E-state index >= 15 is 0 Å². The molecule has 0 aromatic rings. The first-order valence-corrected chi connectivity index (χ1v) is 4.01. The van der Waals surface area contributed by atoms with Crippen LogP contribution < -0.4 is 0 Å². The minimum absolute atomic E-state index is 0.169. The van der Waals surface area contributed by atoms with Gasteiger partial charge < -0.3 is 0 Å². The van der Waals surface area contributed by atoms with E-state index in [4.69, 9.17) is 0 Å². The molecule has 0 aromatic heterocycles. The highest BCUT2D eigenvalue weighted by molar-refractivity contribution is 8.00. The van der Waals surface area contributed by atoms with Gasteiger partial charge in [-0.15, -0.1) is 0 Å². The van der Waals surface area contributed by atoms with Crippen LogP contribution in [0.15, 0.2) is 0 Å². The van der Waals surface area contributed by atoms with E-state index in [9.17, 15) is 4.39 Å². The zero-order valence-electron chi connectivity index (χ0n) is 6.28. The van der Waals surface area contributed by atoms with Crippen molar-refractivity contribution >= 4 is 11.8 Å². The van der Waals surface area contributed by atoms with Crippen LogP contribution in [0.2, 0.25) is 0 Å². The number of hydrogen-bond donors (Lipinski definition) is 0. The van der Waals surface area contributed by atoms with Gasteiger partial charge in [-0.05, 0) is 6.92 Å². The molecule has 0 saturated heterocycles. The first kappa shape index (κ1) is 9.28. The van der Waals surface area contributed by atoms with Crippen molar-refractivity contribution in [3.8, 4) is 0 Å². The highest BCUT2D eigenvalue weighted by Crippen LogP contribution is 2.23. The normalized spacial score (nSPS) is 15.7. The van der Waals surface area contributed by atoms with Crippen LogP contribution in [0.25, 0.3) is 0 Å². The molecular weight excluding hydrogens is 135 g/mol. The summed E-state index contributed by atoms with van der Waals surface area (Å²) >= 11 is 1.60. The maximum atomic E-state index is 12.1. The average Bonchev–Trinajstić information content (AvgIpc) is 1.59. The van der Waals surface area contributed by atoms with Crippen molar-refractivity contribution in [2.24, 2.45) is 0 Å². The summed E-state index contributed by atoms with van der Waals surface area (Å²) in [6.07, 6.45) is -0.922. The van der Waals surface area contributed by atoms with Gasteiger partial charge in [-0.3, -0.25) is 0 Å². The summed E-state index contributed by atoms with van der Waals surface area (Å²) in [4.78, 5) is 0. The van der Waals surface area contributed by atoms with Gasteiger partial charge >= 0.3 is 0 Å². The molecule has 0 amide bonds. The second-order valence-corrected chi connectivity index (χ2v) is 4.87. The smallest absolute Gasteiger partial charge is 0.109 e. The van der Waals surface area contributed by atoms with E-state index in [-0.39, 0.29) is 4.75 Å². The van der Waals surface area contributed by atoms with Gasteiger partial charge in [-0.1, -0.05) is 20.8 Å². The van der Waals surface area contributed by atoms with Gasteiger partial charge in [-0.25, -0.2) is 4.39 Å². The molecule has 0 nitrogen and oxygen atoms in total. The second kappa shape index (κ2) is 3.45. The molecule has 0 bridgehead atoms. The lowest BCUT2D eigenvalue weighted by molar-refractivity contribution is 0.433. The van der Waals surface area contributed by atoms with Crippen molar-refractivity contribution in [1.29, 1.82) is 0 Å². The van der Waals surface area contributed by atoms with E-state index < -0.39 is 6.17 Å². The molecule has 0 unspecified atom stereocenters. The molecule has 0 aliphatic heterocycles. The lowest BCUT2D eigenvalue weighted by atomic mass is 10.3.